The summed E-state index contributed by atoms with van der Waals surface area (Å²) in [4.78, 5) is 12.6. The smallest absolute Gasteiger partial charge is 0.314 e. The Balaban J connectivity index is 1.24. The van der Waals surface area contributed by atoms with E-state index in [2.05, 4.69) is 38.1 Å². The van der Waals surface area contributed by atoms with Gasteiger partial charge in [0.1, 0.15) is 0 Å². The molecule has 1 aromatic carbocycles. The van der Waals surface area contributed by atoms with Crippen molar-refractivity contribution >= 4 is 5.97 Å². The Kier molecular flexibility index (Phi) is 11.0. The molecule has 0 atom stereocenters. The van der Waals surface area contributed by atoms with Crippen LogP contribution in [0.3, 0.4) is 0 Å². The lowest BCUT2D eigenvalue weighted by atomic mass is 9.62. The van der Waals surface area contributed by atoms with Crippen LogP contribution >= 0.6 is 0 Å². The van der Waals surface area contributed by atoms with Gasteiger partial charge in [-0.25, -0.2) is 0 Å². The third-order valence-electron chi connectivity index (χ3n) is 11.1. The van der Waals surface area contributed by atoms with Gasteiger partial charge in [-0.1, -0.05) is 115 Å². The Hall–Kier alpha value is -1.31. The third kappa shape index (κ3) is 7.63. The van der Waals surface area contributed by atoms with Gasteiger partial charge in [-0.3, -0.25) is 4.79 Å². The molecule has 37 heavy (non-hydrogen) atoms. The zero-order valence-corrected chi connectivity index (χ0v) is 24.2. The number of unbranched alkanes of at least 4 members (excludes halogenated alkanes) is 2. The van der Waals surface area contributed by atoms with E-state index in [0.29, 0.717) is 0 Å². The van der Waals surface area contributed by atoms with Crippen LogP contribution in [0.1, 0.15) is 147 Å². The predicted octanol–water partition coefficient (Wildman–Crippen LogP) is 10.1. The number of hydrogen-bond acceptors (Lipinski definition) is 1. The van der Waals surface area contributed by atoms with Crippen molar-refractivity contribution in [2.75, 3.05) is 0 Å². The number of rotatable bonds is 12. The van der Waals surface area contributed by atoms with Crippen molar-refractivity contribution in [3.63, 3.8) is 0 Å². The molecule has 3 saturated carbocycles. The van der Waals surface area contributed by atoms with Crippen LogP contribution in [0, 0.1) is 29.6 Å². The fourth-order valence-electron chi connectivity index (χ4n) is 8.44. The van der Waals surface area contributed by atoms with E-state index in [-0.39, 0.29) is 0 Å². The average Bonchev–Trinajstić information content (AvgIpc) is 2.94. The summed E-state index contributed by atoms with van der Waals surface area (Å²) >= 11 is 0. The first-order chi connectivity index (χ1) is 18.0. The molecular weight excluding hydrogens is 452 g/mol. The van der Waals surface area contributed by atoms with Gasteiger partial charge < -0.3 is 5.11 Å². The summed E-state index contributed by atoms with van der Waals surface area (Å²) in [7, 11) is 0. The Morgan fingerprint density at radius 3 is 1.81 bits per heavy atom. The number of hydrogen-bond donors (Lipinski definition) is 1. The van der Waals surface area contributed by atoms with Crippen molar-refractivity contribution in [2.45, 2.75) is 148 Å². The van der Waals surface area contributed by atoms with E-state index in [4.69, 9.17) is 0 Å². The first-order valence-electron chi connectivity index (χ1n) is 16.4. The number of aliphatic carboxylic acids is 1. The second kappa shape index (κ2) is 14.2. The highest BCUT2D eigenvalue weighted by molar-refractivity contribution is 5.81. The first kappa shape index (κ1) is 28.7. The van der Waals surface area contributed by atoms with Crippen LogP contribution in [0.15, 0.2) is 24.3 Å². The lowest BCUT2D eigenvalue weighted by Gasteiger charge is -2.42. The zero-order chi connectivity index (χ0) is 26.1. The van der Waals surface area contributed by atoms with Gasteiger partial charge in [-0.15, -0.1) is 0 Å². The fourth-order valence-corrected chi connectivity index (χ4v) is 8.44. The maximum atomic E-state index is 12.6. The summed E-state index contributed by atoms with van der Waals surface area (Å²) in [6.45, 7) is 4.61. The molecule has 2 nitrogen and oxygen atoms in total. The zero-order valence-electron chi connectivity index (χ0n) is 24.2. The standard InChI is InChI=1S/C35H56O2/c1-3-5-6-8-28-9-11-29(12-10-28)13-14-30-17-21-33(22-18-30)35(34(36)37)25-23-32(24-26-35)31-19-15-27(7-4-2)16-20-31/h17-18,21-22,27-29,31-32H,3-16,19-20,23-26H2,1-2H3,(H,36,37). The summed E-state index contributed by atoms with van der Waals surface area (Å²) in [6, 6.07) is 8.84. The second-order valence-electron chi connectivity index (χ2n) is 13.4. The van der Waals surface area contributed by atoms with E-state index >= 15 is 0 Å². The van der Waals surface area contributed by atoms with Gasteiger partial charge in [-0.05, 0) is 92.1 Å². The van der Waals surface area contributed by atoms with Crippen molar-refractivity contribution in [3.8, 4) is 0 Å². The molecule has 4 rings (SSSR count). The van der Waals surface area contributed by atoms with Crippen LogP contribution in [0.2, 0.25) is 0 Å². The highest BCUT2D eigenvalue weighted by Crippen LogP contribution is 2.47. The normalized spacial score (nSPS) is 32.8. The molecule has 208 valence electrons. The summed E-state index contributed by atoms with van der Waals surface area (Å²) < 4.78 is 0. The fraction of sp³-hybridized carbons (Fsp3) is 0.800. The van der Waals surface area contributed by atoms with Gasteiger partial charge in [-0.2, -0.15) is 0 Å². The Labute approximate surface area is 228 Å². The molecule has 0 unspecified atom stereocenters. The van der Waals surface area contributed by atoms with E-state index in [1.54, 1.807) is 0 Å². The molecule has 0 aromatic heterocycles. The monoisotopic (exact) mass is 508 g/mol. The number of benzene rings is 1. The van der Waals surface area contributed by atoms with Gasteiger partial charge in [0.15, 0.2) is 0 Å². The highest BCUT2D eigenvalue weighted by atomic mass is 16.4. The number of carboxylic acid groups (broad SMARTS) is 1. The minimum absolute atomic E-state index is 0.596. The molecule has 1 aromatic rings. The topological polar surface area (TPSA) is 37.3 Å². The molecular formula is C35H56O2. The molecule has 2 heteroatoms. The van der Waals surface area contributed by atoms with E-state index in [1.807, 2.05) is 0 Å². The largest absolute Gasteiger partial charge is 0.481 e. The lowest BCUT2D eigenvalue weighted by Crippen LogP contribution is -2.41. The first-order valence-corrected chi connectivity index (χ1v) is 16.4. The molecule has 0 bridgehead atoms. The van der Waals surface area contributed by atoms with Gasteiger partial charge >= 0.3 is 5.97 Å². The molecule has 0 saturated heterocycles. The van der Waals surface area contributed by atoms with Gasteiger partial charge in [0, 0.05) is 0 Å². The minimum atomic E-state index is -0.662. The van der Waals surface area contributed by atoms with Crippen molar-refractivity contribution in [1.29, 1.82) is 0 Å². The van der Waals surface area contributed by atoms with E-state index in [1.165, 1.54) is 102 Å². The van der Waals surface area contributed by atoms with E-state index in [9.17, 15) is 9.90 Å². The lowest BCUT2D eigenvalue weighted by molar-refractivity contribution is -0.146. The molecule has 3 fully saturated rings. The number of carbonyl (C=O) groups is 1. The van der Waals surface area contributed by atoms with Crippen molar-refractivity contribution in [3.05, 3.63) is 35.4 Å². The summed E-state index contributed by atoms with van der Waals surface area (Å²) in [6.07, 6.45) is 25.9. The maximum absolute atomic E-state index is 12.6. The third-order valence-corrected chi connectivity index (χ3v) is 11.1. The van der Waals surface area contributed by atoms with Gasteiger partial charge in [0.05, 0.1) is 5.41 Å². The summed E-state index contributed by atoms with van der Waals surface area (Å²) in [5.74, 6) is 3.82. The van der Waals surface area contributed by atoms with Gasteiger partial charge in [0.25, 0.3) is 0 Å². The van der Waals surface area contributed by atoms with Crippen LogP contribution in [-0.4, -0.2) is 11.1 Å². The Morgan fingerprint density at radius 1 is 0.703 bits per heavy atom. The van der Waals surface area contributed by atoms with Crippen molar-refractivity contribution in [2.24, 2.45) is 29.6 Å². The number of carboxylic acids is 1. The summed E-state index contributed by atoms with van der Waals surface area (Å²) in [5.41, 5.74) is 1.79. The molecule has 1 N–H and O–H groups in total. The molecule has 0 aliphatic heterocycles. The van der Waals surface area contributed by atoms with E-state index < -0.39 is 11.4 Å². The van der Waals surface area contributed by atoms with Crippen LogP contribution in [0.4, 0.5) is 0 Å². The molecule has 3 aliphatic carbocycles. The highest BCUT2D eigenvalue weighted by Gasteiger charge is 2.45. The van der Waals surface area contributed by atoms with E-state index in [0.717, 1.165) is 67.3 Å². The minimum Gasteiger partial charge on any atom is -0.481 e. The van der Waals surface area contributed by atoms with Crippen molar-refractivity contribution < 1.29 is 9.90 Å². The SMILES string of the molecule is CCCCCC1CCC(CCc2ccc(C3(C(=O)O)CCC(C4CCC(CCC)CC4)CC3)cc2)CC1. The Morgan fingerprint density at radius 2 is 1.24 bits per heavy atom. The predicted molar refractivity (Wildman–Crippen MR) is 156 cm³/mol. The second-order valence-corrected chi connectivity index (χ2v) is 13.4. The molecule has 0 amide bonds. The Bertz CT molecular complexity index is 787. The van der Waals surface area contributed by atoms with Crippen molar-refractivity contribution in [1.82, 2.24) is 0 Å². The molecule has 0 radical (unpaired) electrons. The van der Waals surface area contributed by atoms with Crippen LogP contribution < -0.4 is 0 Å². The number of aryl methyl sites for hydroxylation is 1. The van der Waals surface area contributed by atoms with Crippen LogP contribution in [0.25, 0.3) is 0 Å². The quantitative estimate of drug-likeness (QED) is 0.285. The van der Waals surface area contributed by atoms with Gasteiger partial charge in [0.2, 0.25) is 0 Å². The van der Waals surface area contributed by atoms with Crippen LogP contribution in [0.5, 0.6) is 0 Å². The average molecular weight is 509 g/mol. The summed E-state index contributed by atoms with van der Waals surface area (Å²) in [5, 5.41) is 10.4. The maximum Gasteiger partial charge on any atom is 0.314 e. The van der Waals surface area contributed by atoms with Crippen LogP contribution in [-0.2, 0) is 16.6 Å². The molecule has 3 aliphatic rings. The molecule has 0 spiro atoms. The molecule has 0 heterocycles.